The molecule has 4 rings (SSSR count). The summed E-state index contributed by atoms with van der Waals surface area (Å²) >= 11 is 0. The molecule has 27 heavy (non-hydrogen) atoms. The molecule has 2 heterocycles. The summed E-state index contributed by atoms with van der Waals surface area (Å²) in [4.78, 5) is 20.0. The van der Waals surface area contributed by atoms with E-state index in [1.807, 2.05) is 48.5 Å². The van der Waals surface area contributed by atoms with Crippen LogP contribution in [0.3, 0.4) is 0 Å². The molecule has 4 nitrogen and oxygen atoms in total. The summed E-state index contributed by atoms with van der Waals surface area (Å²) in [6, 6.07) is 24.7. The summed E-state index contributed by atoms with van der Waals surface area (Å²) in [6.45, 7) is 0. The molecule has 0 aliphatic heterocycles. The molecule has 4 heteroatoms. The van der Waals surface area contributed by atoms with Crippen molar-refractivity contribution in [2.75, 3.05) is 0 Å². The van der Waals surface area contributed by atoms with E-state index in [1.54, 1.807) is 24.5 Å². The Hall–Kier alpha value is -3.79. The summed E-state index contributed by atoms with van der Waals surface area (Å²) in [5.74, 6) is -0.932. The van der Waals surface area contributed by atoms with Crippen LogP contribution in [0.1, 0.15) is 10.4 Å². The van der Waals surface area contributed by atoms with Crippen LogP contribution in [0.25, 0.3) is 33.6 Å². The number of benzene rings is 2. The second-order valence-corrected chi connectivity index (χ2v) is 6.11. The molecule has 0 bridgehead atoms. The number of carboxylic acids is 1. The minimum atomic E-state index is -0.932. The lowest BCUT2D eigenvalue weighted by molar-refractivity contribution is 0.0697. The number of aromatic nitrogens is 2. The van der Waals surface area contributed by atoms with Gasteiger partial charge >= 0.3 is 5.97 Å². The lowest BCUT2D eigenvalue weighted by Crippen LogP contribution is -1.95. The third-order valence-electron chi connectivity index (χ3n) is 4.32. The van der Waals surface area contributed by atoms with Gasteiger partial charge in [0, 0.05) is 23.5 Å². The Morgan fingerprint density at radius 3 is 1.59 bits per heavy atom. The van der Waals surface area contributed by atoms with Gasteiger partial charge in [-0.3, -0.25) is 9.97 Å². The van der Waals surface area contributed by atoms with Crippen molar-refractivity contribution in [2.45, 2.75) is 0 Å². The van der Waals surface area contributed by atoms with Crippen molar-refractivity contribution in [2.24, 2.45) is 0 Å². The van der Waals surface area contributed by atoms with Crippen molar-refractivity contribution >= 4 is 5.97 Å². The third kappa shape index (κ3) is 3.60. The zero-order chi connectivity index (χ0) is 18.6. The normalized spacial score (nSPS) is 10.5. The van der Waals surface area contributed by atoms with Crippen molar-refractivity contribution in [3.05, 3.63) is 96.8 Å². The minimum absolute atomic E-state index is 0.268. The Morgan fingerprint density at radius 1 is 0.630 bits per heavy atom. The van der Waals surface area contributed by atoms with Crippen LogP contribution in [0.2, 0.25) is 0 Å². The highest BCUT2D eigenvalue weighted by molar-refractivity contribution is 5.88. The number of carboxylic acid groups (broad SMARTS) is 1. The number of rotatable bonds is 4. The van der Waals surface area contributed by atoms with E-state index < -0.39 is 5.97 Å². The average molecular weight is 352 g/mol. The average Bonchev–Trinajstić information content (AvgIpc) is 2.75. The Bertz CT molecular complexity index is 1020. The predicted molar refractivity (Wildman–Crippen MR) is 105 cm³/mol. The molecule has 0 fully saturated rings. The van der Waals surface area contributed by atoms with E-state index >= 15 is 0 Å². The molecule has 4 aromatic rings. The van der Waals surface area contributed by atoms with Gasteiger partial charge in [0.25, 0.3) is 0 Å². The second kappa shape index (κ2) is 7.22. The first kappa shape index (κ1) is 16.7. The molecule has 0 aliphatic rings. The van der Waals surface area contributed by atoms with E-state index in [9.17, 15) is 4.79 Å². The van der Waals surface area contributed by atoms with Crippen LogP contribution in [-0.4, -0.2) is 21.0 Å². The molecule has 0 amide bonds. The lowest BCUT2D eigenvalue weighted by atomic mass is 9.96. The quantitative estimate of drug-likeness (QED) is 0.550. The first-order valence-electron chi connectivity index (χ1n) is 8.52. The van der Waals surface area contributed by atoms with Crippen LogP contribution in [0.15, 0.2) is 91.3 Å². The Balaban J connectivity index is 1.86. The van der Waals surface area contributed by atoms with E-state index in [2.05, 4.69) is 28.2 Å². The summed E-state index contributed by atoms with van der Waals surface area (Å²) in [7, 11) is 0. The molecular weight excluding hydrogens is 336 g/mol. The summed E-state index contributed by atoms with van der Waals surface area (Å²) in [5, 5.41) is 9.12. The van der Waals surface area contributed by atoms with Crippen molar-refractivity contribution in [1.82, 2.24) is 9.97 Å². The molecule has 0 saturated heterocycles. The Morgan fingerprint density at radius 2 is 1.15 bits per heavy atom. The van der Waals surface area contributed by atoms with Crippen LogP contribution in [0, 0.1) is 0 Å². The number of hydrogen-bond acceptors (Lipinski definition) is 3. The molecule has 0 radical (unpaired) electrons. The first-order valence-corrected chi connectivity index (χ1v) is 8.52. The summed E-state index contributed by atoms with van der Waals surface area (Å²) < 4.78 is 0. The van der Waals surface area contributed by atoms with Gasteiger partial charge in [0.1, 0.15) is 0 Å². The smallest absolute Gasteiger partial charge is 0.335 e. The fourth-order valence-corrected chi connectivity index (χ4v) is 2.96. The number of hydrogen-bond donors (Lipinski definition) is 1. The fraction of sp³-hybridized carbons (Fsp3) is 0. The number of nitrogens with zero attached hydrogens (tertiary/aromatic N) is 2. The molecule has 1 N–H and O–H groups in total. The fourth-order valence-electron chi connectivity index (χ4n) is 2.96. The maximum absolute atomic E-state index is 11.1. The second-order valence-electron chi connectivity index (χ2n) is 6.11. The SMILES string of the molecule is O=C(O)c1ccc(-c2cc(-c3ccccn3)cc(-c3ccccn3)c2)cc1. The summed E-state index contributed by atoms with van der Waals surface area (Å²) in [5.41, 5.74) is 5.90. The molecule has 0 aliphatic carbocycles. The van der Waals surface area contributed by atoms with Crippen LogP contribution in [-0.2, 0) is 0 Å². The van der Waals surface area contributed by atoms with Gasteiger partial charge in [0.05, 0.1) is 17.0 Å². The molecule has 0 unspecified atom stereocenters. The van der Waals surface area contributed by atoms with Gasteiger partial charge in [0.15, 0.2) is 0 Å². The third-order valence-corrected chi connectivity index (χ3v) is 4.32. The van der Waals surface area contributed by atoms with Gasteiger partial charge in [-0.25, -0.2) is 4.79 Å². The van der Waals surface area contributed by atoms with Crippen LogP contribution < -0.4 is 0 Å². The molecule has 2 aromatic heterocycles. The molecule has 0 spiro atoms. The number of pyridine rings is 2. The van der Waals surface area contributed by atoms with E-state index in [0.29, 0.717) is 0 Å². The molecular formula is C23H16N2O2. The van der Waals surface area contributed by atoms with Crippen LogP contribution >= 0.6 is 0 Å². The van der Waals surface area contributed by atoms with Crippen molar-refractivity contribution < 1.29 is 9.90 Å². The first-order chi connectivity index (χ1) is 13.2. The van der Waals surface area contributed by atoms with Gasteiger partial charge in [-0.2, -0.15) is 0 Å². The molecule has 2 aromatic carbocycles. The minimum Gasteiger partial charge on any atom is -0.478 e. The highest BCUT2D eigenvalue weighted by Gasteiger charge is 2.09. The lowest BCUT2D eigenvalue weighted by Gasteiger charge is -2.10. The standard InChI is InChI=1S/C23H16N2O2/c26-23(27)17-9-7-16(8-10-17)18-13-19(21-5-1-3-11-24-21)15-20(14-18)22-6-2-4-12-25-22/h1-15H,(H,26,27). The molecule has 0 atom stereocenters. The van der Waals surface area contributed by atoms with Crippen LogP contribution in [0.5, 0.6) is 0 Å². The van der Waals surface area contributed by atoms with E-state index in [1.165, 1.54) is 0 Å². The highest BCUT2D eigenvalue weighted by Crippen LogP contribution is 2.31. The monoisotopic (exact) mass is 352 g/mol. The maximum atomic E-state index is 11.1. The van der Waals surface area contributed by atoms with Gasteiger partial charge in [0.2, 0.25) is 0 Å². The van der Waals surface area contributed by atoms with Crippen molar-refractivity contribution in [3.63, 3.8) is 0 Å². The Labute approximate surface area is 156 Å². The van der Waals surface area contributed by atoms with Gasteiger partial charge < -0.3 is 5.11 Å². The van der Waals surface area contributed by atoms with E-state index in [0.717, 1.165) is 33.6 Å². The number of carbonyl (C=O) groups is 1. The number of aromatic carboxylic acids is 1. The van der Waals surface area contributed by atoms with Crippen LogP contribution in [0.4, 0.5) is 0 Å². The zero-order valence-electron chi connectivity index (χ0n) is 14.4. The van der Waals surface area contributed by atoms with Gasteiger partial charge in [-0.15, -0.1) is 0 Å². The van der Waals surface area contributed by atoms with E-state index in [4.69, 9.17) is 5.11 Å². The molecule has 0 saturated carbocycles. The molecule has 130 valence electrons. The van der Waals surface area contributed by atoms with Crippen molar-refractivity contribution in [3.8, 4) is 33.6 Å². The highest BCUT2D eigenvalue weighted by atomic mass is 16.4. The van der Waals surface area contributed by atoms with Crippen molar-refractivity contribution in [1.29, 1.82) is 0 Å². The zero-order valence-corrected chi connectivity index (χ0v) is 14.4. The predicted octanol–water partition coefficient (Wildman–Crippen LogP) is 5.18. The topological polar surface area (TPSA) is 63.1 Å². The van der Waals surface area contributed by atoms with Gasteiger partial charge in [-0.05, 0) is 65.7 Å². The maximum Gasteiger partial charge on any atom is 0.335 e. The Kier molecular flexibility index (Phi) is 4.45. The van der Waals surface area contributed by atoms with E-state index in [-0.39, 0.29) is 5.56 Å². The largest absolute Gasteiger partial charge is 0.478 e. The van der Waals surface area contributed by atoms with Gasteiger partial charge in [-0.1, -0.05) is 24.3 Å². The summed E-state index contributed by atoms with van der Waals surface area (Å²) in [6.07, 6.45) is 3.54.